The second-order valence-corrected chi connectivity index (χ2v) is 6.27. The molecule has 6 heteroatoms. The average molecular weight is 362 g/mol. The average Bonchev–Trinajstić information content (AvgIpc) is 2.69. The van der Waals surface area contributed by atoms with E-state index in [1.807, 2.05) is 68.4 Å². The highest BCUT2D eigenvalue weighted by molar-refractivity contribution is 5.92. The van der Waals surface area contributed by atoms with Crippen LogP contribution in [0.4, 0.5) is 11.5 Å². The first-order chi connectivity index (χ1) is 13.1. The zero-order chi connectivity index (χ0) is 19.1. The van der Waals surface area contributed by atoms with Crippen molar-refractivity contribution >= 4 is 17.4 Å². The van der Waals surface area contributed by atoms with Gasteiger partial charge in [-0.15, -0.1) is 0 Å². The number of hydrogen-bond acceptors (Lipinski definition) is 5. The van der Waals surface area contributed by atoms with E-state index in [-0.39, 0.29) is 17.7 Å². The first-order valence-electron chi connectivity index (χ1n) is 8.78. The van der Waals surface area contributed by atoms with Crippen molar-refractivity contribution in [3.8, 4) is 5.75 Å². The maximum absolute atomic E-state index is 12.2. The predicted molar refractivity (Wildman–Crippen MR) is 105 cm³/mol. The minimum absolute atomic E-state index is 0.134. The fraction of sp³-hybridized carbons (Fsp3) is 0.190. The van der Waals surface area contributed by atoms with E-state index in [1.165, 1.54) is 12.4 Å². The molecule has 0 aliphatic heterocycles. The molecule has 2 N–H and O–H groups in total. The summed E-state index contributed by atoms with van der Waals surface area (Å²) < 4.78 is 5.62. The molecule has 3 rings (SSSR count). The van der Waals surface area contributed by atoms with Crippen molar-refractivity contribution in [2.75, 3.05) is 5.32 Å². The fourth-order valence-electron chi connectivity index (χ4n) is 2.42. The van der Waals surface area contributed by atoms with Crippen LogP contribution in [0.2, 0.25) is 0 Å². The summed E-state index contributed by atoms with van der Waals surface area (Å²) in [6.07, 6.45) is 3.13. The van der Waals surface area contributed by atoms with E-state index in [0.29, 0.717) is 12.4 Å². The summed E-state index contributed by atoms with van der Waals surface area (Å²) in [6.45, 7) is 4.42. The van der Waals surface area contributed by atoms with Gasteiger partial charge in [-0.3, -0.25) is 4.79 Å². The molecule has 0 saturated heterocycles. The monoisotopic (exact) mass is 362 g/mol. The number of hydrogen-bond donors (Lipinski definition) is 2. The molecule has 27 heavy (non-hydrogen) atoms. The Labute approximate surface area is 158 Å². The number of rotatable bonds is 7. The van der Waals surface area contributed by atoms with Crippen LogP contribution in [0.15, 0.2) is 67.0 Å². The van der Waals surface area contributed by atoms with E-state index in [1.54, 1.807) is 0 Å². The topological polar surface area (TPSA) is 76.1 Å². The van der Waals surface area contributed by atoms with Gasteiger partial charge in [-0.05, 0) is 43.7 Å². The van der Waals surface area contributed by atoms with Crippen molar-refractivity contribution in [1.29, 1.82) is 0 Å². The van der Waals surface area contributed by atoms with Crippen LogP contribution in [0.1, 0.15) is 29.9 Å². The number of nitrogens with one attached hydrogen (secondary N) is 2. The molecule has 1 heterocycles. The zero-order valence-corrected chi connectivity index (χ0v) is 15.3. The second kappa shape index (κ2) is 8.80. The van der Waals surface area contributed by atoms with Crippen LogP contribution >= 0.6 is 0 Å². The van der Waals surface area contributed by atoms with Gasteiger partial charge in [0.25, 0.3) is 5.91 Å². The third kappa shape index (κ3) is 5.54. The van der Waals surface area contributed by atoms with E-state index in [4.69, 9.17) is 4.74 Å². The van der Waals surface area contributed by atoms with E-state index in [2.05, 4.69) is 20.6 Å². The van der Waals surface area contributed by atoms with Crippen molar-refractivity contribution in [2.24, 2.45) is 0 Å². The Hall–Kier alpha value is -3.41. The summed E-state index contributed by atoms with van der Waals surface area (Å²) in [6, 6.07) is 17.3. The van der Waals surface area contributed by atoms with Gasteiger partial charge in [0.05, 0.1) is 18.5 Å². The van der Waals surface area contributed by atoms with Gasteiger partial charge in [0.2, 0.25) is 0 Å². The molecule has 0 bridgehead atoms. The van der Waals surface area contributed by atoms with Crippen molar-refractivity contribution in [3.05, 3.63) is 78.2 Å². The SMILES string of the molecule is CC(C)Oc1ccc(Nc2cnc(C(=O)NCc3ccccc3)cn2)cc1. The molecule has 1 aromatic heterocycles. The molecule has 3 aromatic rings. The summed E-state index contributed by atoms with van der Waals surface area (Å²) in [7, 11) is 0. The molecule has 0 unspecified atom stereocenters. The third-order valence-electron chi connectivity index (χ3n) is 3.68. The summed E-state index contributed by atoms with van der Waals surface area (Å²) in [4.78, 5) is 20.6. The first kappa shape index (κ1) is 18.4. The quantitative estimate of drug-likeness (QED) is 0.666. The van der Waals surface area contributed by atoms with Gasteiger partial charge >= 0.3 is 0 Å². The number of benzene rings is 2. The number of ether oxygens (including phenoxy) is 1. The smallest absolute Gasteiger partial charge is 0.271 e. The minimum atomic E-state index is -0.256. The maximum Gasteiger partial charge on any atom is 0.271 e. The van der Waals surface area contributed by atoms with Crippen LogP contribution in [-0.2, 0) is 6.54 Å². The number of aromatic nitrogens is 2. The van der Waals surface area contributed by atoms with Gasteiger partial charge < -0.3 is 15.4 Å². The lowest BCUT2D eigenvalue weighted by Crippen LogP contribution is -2.24. The molecule has 0 fully saturated rings. The number of nitrogens with zero attached hydrogens (tertiary/aromatic N) is 2. The highest BCUT2D eigenvalue weighted by Gasteiger charge is 2.08. The highest BCUT2D eigenvalue weighted by atomic mass is 16.5. The number of carbonyl (C=O) groups is 1. The molecule has 0 aliphatic rings. The van der Waals surface area contributed by atoms with Gasteiger partial charge in [0, 0.05) is 12.2 Å². The van der Waals surface area contributed by atoms with E-state index >= 15 is 0 Å². The largest absolute Gasteiger partial charge is 0.491 e. The molecule has 2 aromatic carbocycles. The highest BCUT2D eigenvalue weighted by Crippen LogP contribution is 2.19. The van der Waals surface area contributed by atoms with Crippen molar-refractivity contribution in [2.45, 2.75) is 26.5 Å². The first-order valence-corrected chi connectivity index (χ1v) is 8.78. The molecule has 0 aliphatic carbocycles. The van der Waals surface area contributed by atoms with Crippen molar-refractivity contribution in [3.63, 3.8) is 0 Å². The van der Waals surface area contributed by atoms with Crippen LogP contribution in [0.3, 0.4) is 0 Å². The second-order valence-electron chi connectivity index (χ2n) is 6.27. The Morgan fingerprint density at radius 2 is 1.74 bits per heavy atom. The zero-order valence-electron chi connectivity index (χ0n) is 15.3. The van der Waals surface area contributed by atoms with Crippen LogP contribution < -0.4 is 15.4 Å². The van der Waals surface area contributed by atoms with Crippen LogP contribution in [0, 0.1) is 0 Å². The Bertz CT molecular complexity index is 863. The molecular formula is C21H22N4O2. The van der Waals surface area contributed by atoms with Gasteiger partial charge in [0.15, 0.2) is 0 Å². The Morgan fingerprint density at radius 1 is 1.00 bits per heavy atom. The van der Waals surface area contributed by atoms with Gasteiger partial charge in [-0.25, -0.2) is 9.97 Å². The number of anilines is 2. The van der Waals surface area contributed by atoms with Gasteiger partial charge in [-0.2, -0.15) is 0 Å². The lowest BCUT2D eigenvalue weighted by molar-refractivity contribution is 0.0945. The van der Waals surface area contributed by atoms with Crippen molar-refractivity contribution < 1.29 is 9.53 Å². The summed E-state index contributed by atoms with van der Waals surface area (Å²) in [5.74, 6) is 1.12. The molecule has 0 spiro atoms. The number of amides is 1. The molecule has 138 valence electrons. The Balaban J connectivity index is 1.55. The molecule has 6 nitrogen and oxygen atoms in total. The van der Waals surface area contributed by atoms with E-state index in [9.17, 15) is 4.79 Å². The van der Waals surface area contributed by atoms with Gasteiger partial charge in [0.1, 0.15) is 17.3 Å². The van der Waals surface area contributed by atoms with Crippen LogP contribution in [0.5, 0.6) is 5.75 Å². The van der Waals surface area contributed by atoms with Crippen molar-refractivity contribution in [1.82, 2.24) is 15.3 Å². The molecule has 0 radical (unpaired) electrons. The maximum atomic E-state index is 12.2. The lowest BCUT2D eigenvalue weighted by atomic mass is 10.2. The summed E-state index contributed by atoms with van der Waals surface area (Å²) in [5, 5.41) is 5.98. The minimum Gasteiger partial charge on any atom is -0.491 e. The van der Waals surface area contributed by atoms with Gasteiger partial charge in [-0.1, -0.05) is 30.3 Å². The third-order valence-corrected chi connectivity index (χ3v) is 3.68. The molecular weight excluding hydrogens is 340 g/mol. The lowest BCUT2D eigenvalue weighted by Gasteiger charge is -2.11. The Kier molecular flexibility index (Phi) is 5.99. The van der Waals surface area contributed by atoms with Crippen LogP contribution in [-0.4, -0.2) is 22.0 Å². The van der Waals surface area contributed by atoms with E-state index in [0.717, 1.165) is 17.0 Å². The van der Waals surface area contributed by atoms with Crippen LogP contribution in [0.25, 0.3) is 0 Å². The van der Waals surface area contributed by atoms with E-state index < -0.39 is 0 Å². The summed E-state index contributed by atoms with van der Waals surface area (Å²) >= 11 is 0. The predicted octanol–water partition coefficient (Wildman–Crippen LogP) is 3.94. The normalized spacial score (nSPS) is 10.5. The summed E-state index contributed by atoms with van der Waals surface area (Å²) in [5.41, 5.74) is 2.17. The number of carbonyl (C=O) groups excluding carboxylic acids is 1. The Morgan fingerprint density at radius 3 is 2.37 bits per heavy atom. The standard InChI is InChI=1S/C21H22N4O2/c1-15(2)27-18-10-8-17(9-11-18)25-20-14-22-19(13-23-20)21(26)24-12-16-6-4-3-5-7-16/h3-11,13-15H,12H2,1-2H3,(H,23,25)(H,24,26). The molecule has 1 amide bonds. The molecule has 0 atom stereocenters. The molecule has 0 saturated carbocycles. The fourth-order valence-corrected chi connectivity index (χ4v) is 2.42.